The molecule has 0 bridgehead atoms. The second-order valence-electron chi connectivity index (χ2n) is 14.3. The summed E-state index contributed by atoms with van der Waals surface area (Å²) in [6.07, 6.45) is 6.32. The Morgan fingerprint density at radius 2 is 1.67 bits per heavy atom. The van der Waals surface area contributed by atoms with Crippen molar-refractivity contribution in [3.05, 3.63) is 63.8 Å². The van der Waals surface area contributed by atoms with E-state index in [1.165, 1.54) is 0 Å². The number of rotatable bonds is 11. The number of Topliss-reactive ketones (excluding diaryl/α,β-unsaturated/α-hetero) is 1. The molecule has 3 aromatic rings. The number of anilines is 1. The van der Waals surface area contributed by atoms with E-state index in [9.17, 15) is 14.4 Å². The monoisotopic (exact) mass is 696 g/mol. The highest BCUT2D eigenvalue weighted by Crippen LogP contribution is 2.43. The average Bonchev–Trinajstić information content (AvgIpc) is 3.70. The van der Waals surface area contributed by atoms with Crippen molar-refractivity contribution in [3.8, 4) is 0 Å². The van der Waals surface area contributed by atoms with Gasteiger partial charge in [0, 0.05) is 61.8 Å². The van der Waals surface area contributed by atoms with Crippen molar-refractivity contribution in [2.24, 2.45) is 18.4 Å². The van der Waals surface area contributed by atoms with Gasteiger partial charge in [-0.1, -0.05) is 55.2 Å². The Hall–Kier alpha value is -2.95. The minimum atomic E-state index is -1.25. The Balaban J connectivity index is 1.24. The summed E-state index contributed by atoms with van der Waals surface area (Å²) in [5, 5.41) is 4.40. The average molecular weight is 698 g/mol. The van der Waals surface area contributed by atoms with Crippen LogP contribution in [0, 0.1) is 11.3 Å². The number of aryl methyl sites for hydroxylation is 1. The number of carbonyl (C=O) groups excluding carboxylic acids is 3. The quantitative estimate of drug-likeness (QED) is 0.214. The highest BCUT2D eigenvalue weighted by Gasteiger charge is 2.57. The fraction of sp³-hybridized carbons (Fsp3) is 0.541. The summed E-state index contributed by atoms with van der Waals surface area (Å²) in [5.74, 6) is -1.91. The summed E-state index contributed by atoms with van der Waals surface area (Å²) in [7, 11) is 1.90. The van der Waals surface area contributed by atoms with Crippen molar-refractivity contribution in [2.45, 2.75) is 77.7 Å². The maximum atomic E-state index is 14.8. The standard InChI is InChI=1S/C37H46Cl2N4O5/c1-5-47-35(46)24-12-14-26(15-13-24)48-37(42-16-8-9-17-42,43-22-36(2,3)23-43)33(44)19-25-18-30(39)31(20-29(25)38)40-34(45)28-21-41(4)32-11-7-6-10-27(28)32/h6-7,10-11,18,20-21,24,26H,5,8-9,12-17,19,22-23H2,1-4H3,(H,40,45)/t24-,26-,37?. The molecule has 48 heavy (non-hydrogen) atoms. The molecule has 2 aliphatic heterocycles. The summed E-state index contributed by atoms with van der Waals surface area (Å²) < 4.78 is 14.2. The molecule has 6 rings (SSSR count). The Bertz CT molecular complexity index is 1680. The molecule has 3 aliphatic rings. The largest absolute Gasteiger partial charge is 0.466 e. The first-order valence-electron chi connectivity index (χ1n) is 17.1. The van der Waals surface area contributed by atoms with Crippen LogP contribution in [0.5, 0.6) is 0 Å². The molecule has 0 radical (unpaired) electrons. The van der Waals surface area contributed by atoms with E-state index >= 15 is 0 Å². The molecule has 11 heteroatoms. The molecule has 2 saturated heterocycles. The predicted molar refractivity (Wildman–Crippen MR) is 188 cm³/mol. The first-order valence-corrected chi connectivity index (χ1v) is 17.9. The normalized spacial score (nSPS) is 22.6. The van der Waals surface area contributed by atoms with E-state index in [1.54, 1.807) is 18.3 Å². The predicted octanol–water partition coefficient (Wildman–Crippen LogP) is 7.08. The van der Waals surface area contributed by atoms with Crippen molar-refractivity contribution < 1.29 is 23.9 Å². The first-order chi connectivity index (χ1) is 22.9. The van der Waals surface area contributed by atoms with Crippen LogP contribution in [0.1, 0.15) is 75.2 Å². The van der Waals surface area contributed by atoms with Gasteiger partial charge in [0.25, 0.3) is 5.91 Å². The molecule has 1 aromatic heterocycles. The van der Waals surface area contributed by atoms with Gasteiger partial charge in [0.1, 0.15) is 0 Å². The van der Waals surface area contributed by atoms with E-state index in [-0.39, 0.29) is 41.5 Å². The fourth-order valence-electron chi connectivity index (χ4n) is 7.72. The molecule has 1 unspecified atom stereocenters. The lowest BCUT2D eigenvalue weighted by molar-refractivity contribution is -0.284. The molecule has 0 spiro atoms. The SMILES string of the molecule is CCOC(=O)[C@H]1CC[C@H](OC(C(=O)Cc2cc(Cl)c(NC(=O)c3cn(C)c4ccccc34)cc2Cl)(N2CCCC2)N2CC(C)(C)C2)CC1. The van der Waals surface area contributed by atoms with Crippen molar-refractivity contribution in [1.29, 1.82) is 0 Å². The second kappa shape index (κ2) is 14.1. The molecule has 1 amide bonds. The molecule has 1 N–H and O–H groups in total. The fourth-order valence-corrected chi connectivity index (χ4v) is 8.18. The van der Waals surface area contributed by atoms with Crippen molar-refractivity contribution in [1.82, 2.24) is 14.4 Å². The number of carbonyl (C=O) groups is 3. The van der Waals surface area contributed by atoms with Crippen LogP contribution in [0.4, 0.5) is 5.69 Å². The number of likely N-dealkylation sites (tertiary alicyclic amines) is 2. The molecule has 2 aromatic carbocycles. The Morgan fingerprint density at radius 3 is 2.33 bits per heavy atom. The van der Waals surface area contributed by atoms with E-state index in [0.29, 0.717) is 59.1 Å². The number of hydrogen-bond donors (Lipinski definition) is 1. The maximum absolute atomic E-state index is 14.8. The van der Waals surface area contributed by atoms with Gasteiger partial charge in [-0.2, -0.15) is 0 Å². The number of halogens is 2. The van der Waals surface area contributed by atoms with Crippen molar-refractivity contribution >= 4 is 57.5 Å². The summed E-state index contributed by atoms with van der Waals surface area (Å²) >= 11 is 13.6. The van der Waals surface area contributed by atoms with E-state index in [1.807, 2.05) is 42.8 Å². The third-order valence-electron chi connectivity index (χ3n) is 10.1. The first kappa shape index (κ1) is 34.9. The molecule has 3 heterocycles. The minimum Gasteiger partial charge on any atom is -0.466 e. The lowest BCUT2D eigenvalue weighted by Crippen LogP contribution is -2.74. The van der Waals surface area contributed by atoms with E-state index in [0.717, 1.165) is 49.9 Å². The highest BCUT2D eigenvalue weighted by molar-refractivity contribution is 6.36. The van der Waals surface area contributed by atoms with Crippen LogP contribution < -0.4 is 5.32 Å². The highest BCUT2D eigenvalue weighted by atomic mass is 35.5. The van der Waals surface area contributed by atoms with Crippen molar-refractivity contribution in [3.63, 3.8) is 0 Å². The number of ether oxygens (including phenoxy) is 2. The maximum Gasteiger partial charge on any atom is 0.308 e. The number of amides is 1. The minimum absolute atomic E-state index is 0.0156. The second-order valence-corrected chi connectivity index (χ2v) is 15.1. The number of nitrogens with one attached hydrogen (secondary N) is 1. The smallest absolute Gasteiger partial charge is 0.308 e. The number of nitrogens with zero attached hydrogens (tertiary/aromatic N) is 3. The molecule has 3 fully saturated rings. The van der Waals surface area contributed by atoms with Crippen LogP contribution in [-0.4, -0.2) is 76.8 Å². The van der Waals surface area contributed by atoms with Gasteiger partial charge in [-0.3, -0.25) is 24.2 Å². The topological polar surface area (TPSA) is 93.1 Å². The number of hydrogen-bond acceptors (Lipinski definition) is 7. The molecular formula is C37H46Cl2N4O5. The van der Waals surface area contributed by atoms with Gasteiger partial charge in [-0.05, 0) is 74.6 Å². The number of esters is 1. The summed E-state index contributed by atoms with van der Waals surface area (Å²) in [4.78, 5) is 45.0. The number of aromatic nitrogens is 1. The summed E-state index contributed by atoms with van der Waals surface area (Å²) in [6.45, 7) is 9.57. The van der Waals surface area contributed by atoms with E-state index in [2.05, 4.69) is 29.0 Å². The zero-order valence-corrected chi connectivity index (χ0v) is 29.8. The lowest BCUT2D eigenvalue weighted by atomic mass is 9.82. The molecule has 9 nitrogen and oxygen atoms in total. The van der Waals surface area contributed by atoms with Gasteiger partial charge in [-0.15, -0.1) is 0 Å². The summed E-state index contributed by atoms with van der Waals surface area (Å²) in [6, 6.07) is 11.0. The third-order valence-corrected chi connectivity index (χ3v) is 10.7. The van der Waals surface area contributed by atoms with Crippen LogP contribution in [0.3, 0.4) is 0 Å². The number of fused-ring (bicyclic) bond motifs is 1. The lowest BCUT2D eigenvalue weighted by Gasteiger charge is -2.58. The van der Waals surface area contributed by atoms with Gasteiger partial charge in [-0.25, -0.2) is 0 Å². The van der Waals surface area contributed by atoms with Gasteiger partial charge in [0.2, 0.25) is 5.85 Å². The zero-order valence-electron chi connectivity index (χ0n) is 28.3. The van der Waals surface area contributed by atoms with Crippen LogP contribution in [0.2, 0.25) is 10.0 Å². The van der Waals surface area contributed by atoms with Gasteiger partial charge >= 0.3 is 5.97 Å². The summed E-state index contributed by atoms with van der Waals surface area (Å²) in [5.41, 5.74) is 2.48. The Labute approximate surface area is 292 Å². The van der Waals surface area contributed by atoms with Crippen LogP contribution in [-0.2, 0) is 32.5 Å². The van der Waals surface area contributed by atoms with Crippen molar-refractivity contribution in [2.75, 3.05) is 38.1 Å². The molecule has 1 aliphatic carbocycles. The van der Waals surface area contributed by atoms with Crippen LogP contribution in [0.25, 0.3) is 10.9 Å². The van der Waals surface area contributed by atoms with Crippen LogP contribution >= 0.6 is 23.2 Å². The zero-order chi connectivity index (χ0) is 34.2. The molecule has 258 valence electrons. The molecular weight excluding hydrogens is 651 g/mol. The van der Waals surface area contributed by atoms with E-state index in [4.69, 9.17) is 32.7 Å². The third kappa shape index (κ3) is 6.90. The number of ketones is 1. The van der Waals surface area contributed by atoms with Crippen LogP contribution in [0.15, 0.2) is 42.6 Å². The Kier molecular flexibility index (Phi) is 10.3. The number of para-hydroxylation sites is 1. The molecule has 1 saturated carbocycles. The van der Waals surface area contributed by atoms with Gasteiger partial charge in [0.05, 0.1) is 34.9 Å². The Morgan fingerprint density at radius 1 is 0.979 bits per heavy atom. The van der Waals surface area contributed by atoms with Gasteiger partial charge in [0.15, 0.2) is 5.78 Å². The number of benzene rings is 2. The van der Waals surface area contributed by atoms with Gasteiger partial charge < -0.3 is 19.4 Å². The molecule has 1 atom stereocenters. The van der Waals surface area contributed by atoms with E-state index < -0.39 is 5.85 Å².